The molecule has 3 aromatic rings. The van der Waals surface area contributed by atoms with E-state index in [1.54, 1.807) is 24.3 Å². The van der Waals surface area contributed by atoms with Crippen molar-refractivity contribution in [2.75, 3.05) is 10.9 Å². The Labute approximate surface area is 222 Å². The van der Waals surface area contributed by atoms with E-state index >= 15 is 0 Å². The van der Waals surface area contributed by atoms with Crippen molar-refractivity contribution >= 4 is 11.4 Å². The normalized spacial score (nSPS) is 25.9. The highest BCUT2D eigenvalue weighted by molar-refractivity contribution is 5.56. The van der Waals surface area contributed by atoms with Crippen LogP contribution in [0, 0.1) is 17.8 Å². The molecule has 0 aromatic heterocycles. The Morgan fingerprint density at radius 1 is 0.590 bits per heavy atom. The molecule has 39 heavy (non-hydrogen) atoms. The van der Waals surface area contributed by atoms with Crippen LogP contribution in [0.4, 0.5) is 37.7 Å². The standard InChI is InChI=1S/C30H28F6N2O/c31-29(32,33)22-12-23(30(34,35)36)14-25(13-22)38-37-24-3-7-27(8-4-24)39-26-5-1-21(2-6-26)28-15-18-9-19(16-28)11-20(10-18)17-28/h1-8,12-14,18-20,37-38H,9-11,15-17H2. The summed E-state index contributed by atoms with van der Waals surface area (Å²) < 4.78 is 84.5. The third kappa shape index (κ3) is 5.40. The molecule has 9 heteroatoms. The molecule has 2 N–H and O–H groups in total. The number of rotatable bonds is 6. The lowest BCUT2D eigenvalue weighted by molar-refractivity contribution is -0.143. The van der Waals surface area contributed by atoms with Gasteiger partial charge in [-0.05, 0) is 122 Å². The van der Waals surface area contributed by atoms with Crippen molar-refractivity contribution in [3.05, 3.63) is 83.4 Å². The molecule has 3 nitrogen and oxygen atoms in total. The highest BCUT2D eigenvalue weighted by Crippen LogP contribution is 2.60. The number of nitrogens with one attached hydrogen (secondary N) is 2. The minimum Gasteiger partial charge on any atom is -0.457 e. The number of benzene rings is 3. The van der Waals surface area contributed by atoms with Crippen LogP contribution in [0.3, 0.4) is 0 Å². The molecule has 4 fully saturated rings. The molecular formula is C30H28F6N2O. The minimum absolute atomic E-state index is 0.0903. The van der Waals surface area contributed by atoms with E-state index in [0.29, 0.717) is 34.7 Å². The molecule has 4 aliphatic carbocycles. The molecule has 4 bridgehead atoms. The SMILES string of the molecule is FC(F)(F)c1cc(NNc2ccc(Oc3ccc(C45CC6CC(CC(C6)C4)C5)cc3)cc2)cc(C(F)(F)F)c1. The zero-order chi connectivity index (χ0) is 27.4. The van der Waals surface area contributed by atoms with Crippen LogP contribution in [0.5, 0.6) is 11.5 Å². The van der Waals surface area contributed by atoms with E-state index in [1.807, 2.05) is 12.1 Å². The second-order valence-electron chi connectivity index (χ2n) is 11.4. The molecule has 0 spiro atoms. The fraction of sp³-hybridized carbons (Fsp3) is 0.400. The molecule has 3 aromatic carbocycles. The first-order valence-electron chi connectivity index (χ1n) is 13.2. The van der Waals surface area contributed by atoms with Crippen molar-refractivity contribution in [2.45, 2.75) is 56.3 Å². The second kappa shape index (κ2) is 9.38. The van der Waals surface area contributed by atoms with Crippen LogP contribution in [0.25, 0.3) is 0 Å². The van der Waals surface area contributed by atoms with Crippen molar-refractivity contribution in [3.8, 4) is 11.5 Å². The van der Waals surface area contributed by atoms with Gasteiger partial charge in [-0.15, -0.1) is 0 Å². The first-order chi connectivity index (χ1) is 18.4. The molecule has 0 unspecified atom stereocenters. The van der Waals surface area contributed by atoms with Crippen LogP contribution < -0.4 is 15.6 Å². The third-order valence-electron chi connectivity index (χ3n) is 8.53. The molecular weight excluding hydrogens is 518 g/mol. The molecule has 0 radical (unpaired) electrons. The van der Waals surface area contributed by atoms with Crippen molar-refractivity contribution in [2.24, 2.45) is 17.8 Å². The van der Waals surface area contributed by atoms with Gasteiger partial charge in [0.05, 0.1) is 22.5 Å². The molecule has 0 amide bonds. The van der Waals surface area contributed by atoms with Crippen molar-refractivity contribution in [1.82, 2.24) is 0 Å². The molecule has 0 aliphatic heterocycles. The van der Waals surface area contributed by atoms with E-state index in [-0.39, 0.29) is 11.8 Å². The quantitative estimate of drug-likeness (QED) is 0.239. The fourth-order valence-electron chi connectivity index (χ4n) is 7.25. The van der Waals surface area contributed by atoms with Crippen LogP contribution in [-0.2, 0) is 17.8 Å². The lowest BCUT2D eigenvalue weighted by atomic mass is 9.48. The van der Waals surface area contributed by atoms with E-state index < -0.39 is 23.5 Å². The van der Waals surface area contributed by atoms with Gasteiger partial charge in [0.1, 0.15) is 11.5 Å². The summed E-state index contributed by atoms with van der Waals surface area (Å²) in [4.78, 5) is 0. The number of hydrogen-bond acceptors (Lipinski definition) is 3. The Bertz CT molecular complexity index is 1260. The van der Waals surface area contributed by atoms with Crippen LogP contribution >= 0.6 is 0 Å². The van der Waals surface area contributed by atoms with Crippen LogP contribution in [0.15, 0.2) is 66.7 Å². The van der Waals surface area contributed by atoms with Gasteiger partial charge in [0, 0.05) is 0 Å². The van der Waals surface area contributed by atoms with Crippen molar-refractivity contribution in [3.63, 3.8) is 0 Å². The van der Waals surface area contributed by atoms with E-state index in [1.165, 1.54) is 44.1 Å². The number of alkyl halides is 6. The average molecular weight is 547 g/mol. The predicted octanol–water partition coefficient (Wildman–Crippen LogP) is 9.42. The average Bonchev–Trinajstić information content (AvgIpc) is 2.87. The van der Waals surface area contributed by atoms with E-state index in [0.717, 1.165) is 17.8 Å². The summed E-state index contributed by atoms with van der Waals surface area (Å²) in [5, 5.41) is 0. The number of halogens is 6. The lowest BCUT2D eigenvalue weighted by Crippen LogP contribution is -2.48. The van der Waals surface area contributed by atoms with E-state index in [4.69, 9.17) is 4.74 Å². The second-order valence-corrected chi connectivity index (χ2v) is 11.4. The summed E-state index contributed by atoms with van der Waals surface area (Å²) in [5.74, 6) is 3.87. The number of ether oxygens (including phenoxy) is 1. The zero-order valence-corrected chi connectivity index (χ0v) is 21.0. The maximum Gasteiger partial charge on any atom is 0.416 e. The molecule has 206 valence electrons. The maximum absolute atomic E-state index is 13.1. The van der Waals surface area contributed by atoms with Crippen molar-refractivity contribution in [1.29, 1.82) is 0 Å². The highest BCUT2D eigenvalue weighted by atomic mass is 19.4. The Kier molecular flexibility index (Phi) is 6.23. The third-order valence-corrected chi connectivity index (χ3v) is 8.53. The fourth-order valence-corrected chi connectivity index (χ4v) is 7.25. The van der Waals surface area contributed by atoms with Gasteiger partial charge < -0.3 is 15.6 Å². The summed E-state index contributed by atoms with van der Waals surface area (Å²) in [6, 6.07) is 16.3. The summed E-state index contributed by atoms with van der Waals surface area (Å²) in [6.07, 6.45) is -1.76. The monoisotopic (exact) mass is 546 g/mol. The van der Waals surface area contributed by atoms with Crippen LogP contribution in [-0.4, -0.2) is 0 Å². The zero-order valence-electron chi connectivity index (χ0n) is 21.0. The smallest absolute Gasteiger partial charge is 0.416 e. The molecule has 0 atom stereocenters. The summed E-state index contributed by atoms with van der Waals surface area (Å²) in [7, 11) is 0. The Hall–Kier alpha value is -3.36. The molecule has 4 saturated carbocycles. The van der Waals surface area contributed by atoms with Gasteiger partial charge in [0.2, 0.25) is 0 Å². The van der Waals surface area contributed by atoms with Gasteiger partial charge in [-0.25, -0.2) is 0 Å². The molecule has 0 heterocycles. The van der Waals surface area contributed by atoms with Crippen LogP contribution in [0.2, 0.25) is 0 Å². The van der Waals surface area contributed by atoms with Crippen molar-refractivity contribution < 1.29 is 31.1 Å². The van der Waals surface area contributed by atoms with E-state index in [9.17, 15) is 26.3 Å². The predicted molar refractivity (Wildman–Crippen MR) is 136 cm³/mol. The molecule has 0 saturated heterocycles. The first-order valence-corrected chi connectivity index (χ1v) is 13.2. The van der Waals surface area contributed by atoms with Gasteiger partial charge >= 0.3 is 12.4 Å². The Morgan fingerprint density at radius 3 is 1.49 bits per heavy atom. The van der Waals surface area contributed by atoms with E-state index in [2.05, 4.69) is 23.0 Å². The summed E-state index contributed by atoms with van der Waals surface area (Å²) in [5.41, 5.74) is 4.08. The van der Waals surface area contributed by atoms with Gasteiger partial charge in [-0.2, -0.15) is 26.3 Å². The largest absolute Gasteiger partial charge is 0.457 e. The van der Waals surface area contributed by atoms with Gasteiger partial charge in [0.25, 0.3) is 0 Å². The number of anilines is 2. The van der Waals surface area contributed by atoms with Gasteiger partial charge in [0.15, 0.2) is 0 Å². The highest BCUT2D eigenvalue weighted by Gasteiger charge is 2.51. The molecule has 4 aliphatic rings. The van der Waals surface area contributed by atoms with Gasteiger partial charge in [-0.3, -0.25) is 0 Å². The van der Waals surface area contributed by atoms with Gasteiger partial charge in [-0.1, -0.05) is 12.1 Å². The molecule has 7 rings (SSSR count). The minimum atomic E-state index is -4.91. The van der Waals surface area contributed by atoms with Crippen LogP contribution in [0.1, 0.15) is 55.2 Å². The summed E-state index contributed by atoms with van der Waals surface area (Å²) >= 11 is 0. The number of hydrogen-bond donors (Lipinski definition) is 2. The Balaban J connectivity index is 1.09. The topological polar surface area (TPSA) is 33.3 Å². The lowest BCUT2D eigenvalue weighted by Gasteiger charge is -2.57. The first kappa shape index (κ1) is 25.9. The summed E-state index contributed by atoms with van der Waals surface area (Å²) in [6.45, 7) is 0. The maximum atomic E-state index is 13.1. The number of hydrazine groups is 1. The Morgan fingerprint density at radius 2 is 1.03 bits per heavy atom.